The van der Waals surface area contributed by atoms with E-state index in [-0.39, 0.29) is 0 Å². The molecule has 1 rings (SSSR count). The van der Waals surface area contributed by atoms with Crippen LogP contribution in [0, 0.1) is 11.3 Å². The van der Waals surface area contributed by atoms with Crippen LogP contribution in [0.2, 0.25) is 0 Å². The minimum absolute atomic E-state index is 0.549. The molecule has 0 aromatic rings. The van der Waals surface area contributed by atoms with Gasteiger partial charge in [0.2, 0.25) is 0 Å². The van der Waals surface area contributed by atoms with Crippen molar-refractivity contribution in [2.75, 3.05) is 19.6 Å². The van der Waals surface area contributed by atoms with Gasteiger partial charge in [0, 0.05) is 12.1 Å². The Labute approximate surface area is 115 Å². The summed E-state index contributed by atoms with van der Waals surface area (Å²) in [6, 6.07) is 1.30. The molecule has 0 amide bonds. The molecule has 18 heavy (non-hydrogen) atoms. The van der Waals surface area contributed by atoms with Crippen molar-refractivity contribution in [2.24, 2.45) is 11.3 Å². The lowest BCUT2D eigenvalue weighted by Gasteiger charge is -2.33. The maximum atomic E-state index is 3.57. The van der Waals surface area contributed by atoms with Crippen LogP contribution in [0.15, 0.2) is 0 Å². The average Bonchev–Trinajstić information content (AvgIpc) is 2.46. The van der Waals surface area contributed by atoms with Crippen LogP contribution >= 0.6 is 0 Å². The predicted molar refractivity (Wildman–Crippen MR) is 81.0 cm³/mol. The van der Waals surface area contributed by atoms with E-state index in [0.29, 0.717) is 17.5 Å². The third kappa shape index (κ3) is 5.27. The molecule has 1 saturated heterocycles. The normalized spacial score (nSPS) is 24.8. The summed E-state index contributed by atoms with van der Waals surface area (Å²) < 4.78 is 0. The van der Waals surface area contributed by atoms with Crippen LogP contribution in [0.25, 0.3) is 0 Å². The standard InChI is InChI=1S/C16H34N2/c1-13(2)17-12-14(3)15(4)18-10-7-8-16(5,6)9-11-18/h13-15,17H,7-12H2,1-6H3. The Balaban J connectivity index is 2.43. The molecule has 2 heteroatoms. The first-order valence-corrected chi connectivity index (χ1v) is 7.79. The Bertz CT molecular complexity index is 235. The Morgan fingerprint density at radius 2 is 1.72 bits per heavy atom. The number of hydrogen-bond acceptors (Lipinski definition) is 2. The number of rotatable bonds is 5. The van der Waals surface area contributed by atoms with Crippen molar-refractivity contribution in [1.82, 2.24) is 10.2 Å². The highest BCUT2D eigenvalue weighted by Crippen LogP contribution is 2.31. The summed E-state index contributed by atoms with van der Waals surface area (Å²) in [7, 11) is 0. The molecule has 1 aliphatic rings. The molecule has 2 unspecified atom stereocenters. The van der Waals surface area contributed by atoms with E-state index < -0.39 is 0 Å². The van der Waals surface area contributed by atoms with Crippen LogP contribution in [0.5, 0.6) is 0 Å². The third-order valence-electron chi connectivity index (χ3n) is 4.62. The molecule has 0 radical (unpaired) electrons. The van der Waals surface area contributed by atoms with Gasteiger partial charge in [-0.15, -0.1) is 0 Å². The summed E-state index contributed by atoms with van der Waals surface area (Å²) >= 11 is 0. The molecule has 0 bridgehead atoms. The maximum Gasteiger partial charge on any atom is 0.0105 e. The number of hydrogen-bond donors (Lipinski definition) is 1. The van der Waals surface area contributed by atoms with Gasteiger partial charge in [-0.3, -0.25) is 0 Å². The summed E-state index contributed by atoms with van der Waals surface area (Å²) in [4.78, 5) is 2.71. The Morgan fingerprint density at radius 3 is 2.33 bits per heavy atom. The van der Waals surface area contributed by atoms with E-state index in [1.807, 2.05) is 0 Å². The number of nitrogens with one attached hydrogen (secondary N) is 1. The first-order chi connectivity index (χ1) is 8.32. The summed E-state index contributed by atoms with van der Waals surface area (Å²) in [5, 5.41) is 3.57. The van der Waals surface area contributed by atoms with E-state index in [1.54, 1.807) is 0 Å². The molecule has 2 atom stereocenters. The largest absolute Gasteiger partial charge is 0.314 e. The van der Waals surface area contributed by atoms with Gasteiger partial charge in [-0.05, 0) is 57.2 Å². The van der Waals surface area contributed by atoms with Gasteiger partial charge in [-0.2, -0.15) is 0 Å². The molecule has 1 fully saturated rings. The highest BCUT2D eigenvalue weighted by atomic mass is 15.2. The molecule has 0 aromatic carbocycles. The topological polar surface area (TPSA) is 15.3 Å². The average molecular weight is 254 g/mol. The van der Waals surface area contributed by atoms with Crippen LogP contribution in [0.3, 0.4) is 0 Å². The second kappa shape index (κ2) is 6.91. The van der Waals surface area contributed by atoms with Gasteiger partial charge in [0.15, 0.2) is 0 Å². The van der Waals surface area contributed by atoms with Crippen molar-refractivity contribution >= 4 is 0 Å². The summed E-state index contributed by atoms with van der Waals surface area (Å²) in [6.07, 6.45) is 4.10. The molecule has 0 aromatic heterocycles. The van der Waals surface area contributed by atoms with Gasteiger partial charge in [0.05, 0.1) is 0 Å². The first kappa shape index (κ1) is 16.0. The Morgan fingerprint density at radius 1 is 1.06 bits per heavy atom. The van der Waals surface area contributed by atoms with Crippen molar-refractivity contribution in [3.63, 3.8) is 0 Å². The van der Waals surface area contributed by atoms with Crippen LogP contribution in [0.4, 0.5) is 0 Å². The minimum atomic E-state index is 0.549. The second-order valence-corrected chi connectivity index (χ2v) is 7.33. The number of nitrogens with zero attached hydrogens (tertiary/aromatic N) is 1. The lowest BCUT2D eigenvalue weighted by molar-refractivity contribution is 0.158. The van der Waals surface area contributed by atoms with Crippen molar-refractivity contribution < 1.29 is 0 Å². The zero-order valence-corrected chi connectivity index (χ0v) is 13.4. The van der Waals surface area contributed by atoms with Gasteiger partial charge in [0.1, 0.15) is 0 Å². The zero-order chi connectivity index (χ0) is 13.8. The molecule has 108 valence electrons. The molecule has 1 N–H and O–H groups in total. The lowest BCUT2D eigenvalue weighted by atomic mass is 9.85. The van der Waals surface area contributed by atoms with E-state index in [9.17, 15) is 0 Å². The Kier molecular flexibility index (Phi) is 6.13. The van der Waals surface area contributed by atoms with E-state index in [0.717, 1.165) is 12.5 Å². The van der Waals surface area contributed by atoms with Crippen LogP contribution in [0.1, 0.15) is 60.8 Å². The van der Waals surface area contributed by atoms with Gasteiger partial charge < -0.3 is 10.2 Å². The summed E-state index contributed by atoms with van der Waals surface area (Å²) in [6.45, 7) is 17.8. The van der Waals surface area contributed by atoms with Gasteiger partial charge >= 0.3 is 0 Å². The molecule has 1 heterocycles. The minimum Gasteiger partial charge on any atom is -0.314 e. The lowest BCUT2D eigenvalue weighted by Crippen LogP contribution is -2.43. The molecule has 0 saturated carbocycles. The fourth-order valence-electron chi connectivity index (χ4n) is 2.80. The molecule has 0 aliphatic carbocycles. The van der Waals surface area contributed by atoms with Crippen LogP contribution in [-0.4, -0.2) is 36.6 Å². The van der Waals surface area contributed by atoms with Gasteiger partial charge in [-0.1, -0.05) is 34.6 Å². The first-order valence-electron chi connectivity index (χ1n) is 7.79. The van der Waals surface area contributed by atoms with E-state index in [4.69, 9.17) is 0 Å². The smallest absolute Gasteiger partial charge is 0.0105 e. The van der Waals surface area contributed by atoms with E-state index >= 15 is 0 Å². The van der Waals surface area contributed by atoms with Crippen molar-refractivity contribution in [3.05, 3.63) is 0 Å². The zero-order valence-electron chi connectivity index (χ0n) is 13.4. The van der Waals surface area contributed by atoms with Gasteiger partial charge in [-0.25, -0.2) is 0 Å². The van der Waals surface area contributed by atoms with E-state index in [2.05, 4.69) is 51.8 Å². The van der Waals surface area contributed by atoms with Gasteiger partial charge in [0.25, 0.3) is 0 Å². The summed E-state index contributed by atoms with van der Waals surface area (Å²) in [5.74, 6) is 0.730. The Hall–Kier alpha value is -0.0800. The SMILES string of the molecule is CC(C)NCC(C)C(C)N1CCCC(C)(C)CC1. The van der Waals surface area contributed by atoms with E-state index in [1.165, 1.54) is 32.4 Å². The predicted octanol–water partition coefficient (Wildman–Crippen LogP) is 3.52. The summed E-state index contributed by atoms with van der Waals surface area (Å²) in [5.41, 5.74) is 0.549. The monoisotopic (exact) mass is 254 g/mol. The molecule has 2 nitrogen and oxygen atoms in total. The second-order valence-electron chi connectivity index (χ2n) is 7.33. The molecular formula is C16H34N2. The fraction of sp³-hybridized carbons (Fsp3) is 1.00. The fourth-order valence-corrected chi connectivity index (χ4v) is 2.80. The quantitative estimate of drug-likeness (QED) is 0.807. The van der Waals surface area contributed by atoms with Crippen molar-refractivity contribution in [1.29, 1.82) is 0 Å². The third-order valence-corrected chi connectivity index (χ3v) is 4.62. The maximum absolute atomic E-state index is 3.57. The van der Waals surface area contributed by atoms with Crippen molar-refractivity contribution in [2.45, 2.75) is 72.9 Å². The molecule has 0 spiro atoms. The number of likely N-dealkylation sites (tertiary alicyclic amines) is 1. The van der Waals surface area contributed by atoms with Crippen LogP contribution < -0.4 is 5.32 Å². The molecule has 1 aliphatic heterocycles. The highest BCUT2D eigenvalue weighted by Gasteiger charge is 2.27. The van der Waals surface area contributed by atoms with Crippen molar-refractivity contribution in [3.8, 4) is 0 Å². The van der Waals surface area contributed by atoms with Crippen LogP contribution in [-0.2, 0) is 0 Å². The highest BCUT2D eigenvalue weighted by molar-refractivity contribution is 4.81. The molecular weight excluding hydrogens is 220 g/mol.